The van der Waals surface area contributed by atoms with Gasteiger partial charge in [-0.3, -0.25) is 4.79 Å². The van der Waals surface area contributed by atoms with E-state index in [4.69, 9.17) is 14.6 Å². The first-order chi connectivity index (χ1) is 12.9. The Labute approximate surface area is 161 Å². The molecule has 27 heavy (non-hydrogen) atoms. The third-order valence-corrected chi connectivity index (χ3v) is 5.05. The molecule has 1 saturated heterocycles. The number of carboxylic acids is 1. The zero-order valence-electron chi connectivity index (χ0n) is 16.1. The van der Waals surface area contributed by atoms with Crippen LogP contribution in [0.2, 0.25) is 0 Å². The molecular weight excluding hydrogens is 340 g/mol. The van der Waals surface area contributed by atoms with Crippen LogP contribution in [0.25, 0.3) is 0 Å². The van der Waals surface area contributed by atoms with Crippen molar-refractivity contribution < 1.29 is 19.4 Å². The zero-order valence-corrected chi connectivity index (χ0v) is 16.1. The average Bonchev–Trinajstić information content (AvgIpc) is 2.65. The smallest absolute Gasteiger partial charge is 0.303 e. The lowest BCUT2D eigenvalue weighted by molar-refractivity contribution is -0.295. The second kappa shape index (κ2) is 8.68. The van der Waals surface area contributed by atoms with Crippen molar-refractivity contribution in [3.05, 3.63) is 71.3 Å². The van der Waals surface area contributed by atoms with Crippen LogP contribution in [0.3, 0.4) is 0 Å². The molecule has 2 aromatic rings. The number of carboxylic acid groups (broad SMARTS) is 1. The minimum absolute atomic E-state index is 0.0259. The summed E-state index contributed by atoms with van der Waals surface area (Å²) >= 11 is 0. The highest BCUT2D eigenvalue weighted by molar-refractivity contribution is 5.66. The molecule has 0 saturated carbocycles. The molecule has 0 bridgehead atoms. The Morgan fingerprint density at radius 2 is 1.74 bits per heavy atom. The first-order valence-electron chi connectivity index (χ1n) is 9.60. The van der Waals surface area contributed by atoms with Crippen molar-refractivity contribution in [3.8, 4) is 0 Å². The van der Waals surface area contributed by atoms with Gasteiger partial charge in [-0.25, -0.2) is 0 Å². The Morgan fingerprint density at radius 3 is 2.44 bits per heavy atom. The van der Waals surface area contributed by atoms with Crippen LogP contribution in [-0.2, 0) is 27.1 Å². The molecule has 1 aliphatic rings. The van der Waals surface area contributed by atoms with Gasteiger partial charge in [-0.05, 0) is 49.8 Å². The summed E-state index contributed by atoms with van der Waals surface area (Å²) in [7, 11) is 0. The van der Waals surface area contributed by atoms with Gasteiger partial charge >= 0.3 is 5.97 Å². The van der Waals surface area contributed by atoms with E-state index < -0.39 is 11.8 Å². The van der Waals surface area contributed by atoms with Crippen LogP contribution in [0.4, 0.5) is 0 Å². The van der Waals surface area contributed by atoms with Gasteiger partial charge in [0.2, 0.25) is 0 Å². The SMILES string of the molecule is CC1(C)OC[C@@H](Cc2ccccc2CCCC(=O)O)[C@@H](c2ccccc2)O1. The lowest BCUT2D eigenvalue weighted by Gasteiger charge is -2.41. The van der Waals surface area contributed by atoms with Crippen molar-refractivity contribution in [1.82, 2.24) is 0 Å². The molecule has 1 heterocycles. The van der Waals surface area contributed by atoms with E-state index in [-0.39, 0.29) is 18.4 Å². The molecule has 2 aromatic carbocycles. The summed E-state index contributed by atoms with van der Waals surface area (Å²) in [6, 6.07) is 18.6. The van der Waals surface area contributed by atoms with E-state index in [2.05, 4.69) is 24.3 Å². The summed E-state index contributed by atoms with van der Waals surface area (Å²) in [5.41, 5.74) is 3.64. The lowest BCUT2D eigenvalue weighted by Crippen LogP contribution is -2.42. The number of hydrogen-bond donors (Lipinski definition) is 1. The molecule has 1 N–H and O–H groups in total. The number of ether oxygens (including phenoxy) is 2. The molecule has 1 fully saturated rings. The fourth-order valence-corrected chi connectivity index (χ4v) is 3.69. The Kier molecular flexibility index (Phi) is 6.30. The fourth-order valence-electron chi connectivity index (χ4n) is 3.69. The van der Waals surface area contributed by atoms with Crippen molar-refractivity contribution in [2.24, 2.45) is 5.92 Å². The topological polar surface area (TPSA) is 55.8 Å². The van der Waals surface area contributed by atoms with Gasteiger partial charge in [-0.1, -0.05) is 54.6 Å². The molecule has 4 heteroatoms. The summed E-state index contributed by atoms with van der Waals surface area (Å²) in [6.07, 6.45) is 2.45. The maximum absolute atomic E-state index is 10.8. The van der Waals surface area contributed by atoms with Crippen molar-refractivity contribution in [2.45, 2.75) is 51.4 Å². The van der Waals surface area contributed by atoms with Gasteiger partial charge in [0.25, 0.3) is 0 Å². The summed E-state index contributed by atoms with van der Waals surface area (Å²) in [4.78, 5) is 10.8. The maximum Gasteiger partial charge on any atom is 0.303 e. The highest BCUT2D eigenvalue weighted by Crippen LogP contribution is 2.38. The van der Waals surface area contributed by atoms with Gasteiger partial charge in [-0.15, -0.1) is 0 Å². The standard InChI is InChI=1S/C23H28O4/c1-23(2)26-16-20(22(27-23)18-10-4-3-5-11-18)15-19-12-7-6-9-17(19)13-8-14-21(24)25/h3-7,9-12,20,22H,8,13-16H2,1-2H3,(H,24,25)/t20-,22-/m1/s1. The second-order valence-corrected chi connectivity index (χ2v) is 7.64. The average molecular weight is 368 g/mol. The predicted octanol–water partition coefficient (Wildman–Crippen LogP) is 4.78. The van der Waals surface area contributed by atoms with Crippen molar-refractivity contribution in [2.75, 3.05) is 6.61 Å². The van der Waals surface area contributed by atoms with Crippen LogP contribution < -0.4 is 0 Å². The first-order valence-corrected chi connectivity index (χ1v) is 9.60. The fraction of sp³-hybridized carbons (Fsp3) is 0.435. The van der Waals surface area contributed by atoms with E-state index in [1.165, 1.54) is 16.7 Å². The summed E-state index contributed by atoms with van der Waals surface area (Å²) < 4.78 is 12.3. The predicted molar refractivity (Wildman–Crippen MR) is 105 cm³/mol. The molecule has 0 radical (unpaired) electrons. The first kappa shape index (κ1) is 19.6. The molecule has 0 spiro atoms. The molecule has 2 atom stereocenters. The van der Waals surface area contributed by atoms with E-state index in [1.807, 2.05) is 44.2 Å². The molecular formula is C23H28O4. The molecule has 0 unspecified atom stereocenters. The number of benzene rings is 2. The number of aliphatic carboxylic acids is 1. The lowest BCUT2D eigenvalue weighted by atomic mass is 9.86. The van der Waals surface area contributed by atoms with Crippen molar-refractivity contribution in [1.29, 1.82) is 0 Å². The molecule has 0 amide bonds. The third-order valence-electron chi connectivity index (χ3n) is 5.05. The number of aryl methyl sites for hydroxylation is 1. The van der Waals surface area contributed by atoms with Crippen LogP contribution in [0, 0.1) is 5.92 Å². The van der Waals surface area contributed by atoms with E-state index in [9.17, 15) is 4.79 Å². The highest BCUT2D eigenvalue weighted by Gasteiger charge is 2.37. The molecule has 0 aromatic heterocycles. The highest BCUT2D eigenvalue weighted by atomic mass is 16.7. The number of rotatable bonds is 7. The number of carbonyl (C=O) groups is 1. The Balaban J connectivity index is 1.78. The molecule has 1 aliphatic heterocycles. The van der Waals surface area contributed by atoms with Crippen molar-refractivity contribution >= 4 is 5.97 Å². The van der Waals surface area contributed by atoms with Gasteiger partial charge in [0.15, 0.2) is 5.79 Å². The van der Waals surface area contributed by atoms with Crippen LogP contribution in [0.1, 0.15) is 49.5 Å². The summed E-state index contributed by atoms with van der Waals surface area (Å²) in [5, 5.41) is 8.90. The van der Waals surface area contributed by atoms with Gasteiger partial charge in [0.05, 0.1) is 12.7 Å². The maximum atomic E-state index is 10.8. The van der Waals surface area contributed by atoms with Crippen LogP contribution in [0.15, 0.2) is 54.6 Å². The Morgan fingerprint density at radius 1 is 1.07 bits per heavy atom. The van der Waals surface area contributed by atoms with E-state index in [0.29, 0.717) is 13.0 Å². The quantitative estimate of drug-likeness (QED) is 0.764. The normalized spacial score (nSPS) is 21.7. The summed E-state index contributed by atoms with van der Waals surface area (Å²) in [5.74, 6) is -1.13. The van der Waals surface area contributed by atoms with Gasteiger partial charge in [0, 0.05) is 12.3 Å². The zero-order chi connectivity index (χ0) is 19.3. The molecule has 4 nitrogen and oxygen atoms in total. The van der Waals surface area contributed by atoms with Crippen LogP contribution in [0.5, 0.6) is 0 Å². The van der Waals surface area contributed by atoms with Gasteiger partial charge in [0.1, 0.15) is 0 Å². The minimum Gasteiger partial charge on any atom is -0.481 e. The third kappa shape index (κ3) is 5.41. The number of hydrogen-bond acceptors (Lipinski definition) is 3. The molecule has 144 valence electrons. The van der Waals surface area contributed by atoms with E-state index in [0.717, 1.165) is 12.8 Å². The minimum atomic E-state index is -0.743. The Hall–Kier alpha value is -2.17. The Bertz CT molecular complexity index is 754. The second-order valence-electron chi connectivity index (χ2n) is 7.64. The van der Waals surface area contributed by atoms with Crippen LogP contribution >= 0.6 is 0 Å². The molecule has 3 rings (SSSR count). The van der Waals surface area contributed by atoms with E-state index in [1.54, 1.807) is 0 Å². The monoisotopic (exact) mass is 368 g/mol. The van der Waals surface area contributed by atoms with Crippen LogP contribution in [-0.4, -0.2) is 23.5 Å². The van der Waals surface area contributed by atoms with Gasteiger partial charge in [-0.2, -0.15) is 0 Å². The van der Waals surface area contributed by atoms with Gasteiger partial charge < -0.3 is 14.6 Å². The summed E-state index contributed by atoms with van der Waals surface area (Å²) in [6.45, 7) is 4.55. The molecule has 0 aliphatic carbocycles. The van der Waals surface area contributed by atoms with Crippen molar-refractivity contribution in [3.63, 3.8) is 0 Å². The largest absolute Gasteiger partial charge is 0.481 e. The van der Waals surface area contributed by atoms with E-state index >= 15 is 0 Å².